The fourth-order valence-corrected chi connectivity index (χ4v) is 1.49. The summed E-state index contributed by atoms with van der Waals surface area (Å²) in [7, 11) is 0. The molecule has 0 aliphatic carbocycles. The van der Waals surface area contributed by atoms with Gasteiger partial charge in [-0.05, 0) is 34.1 Å². The molecule has 0 heterocycles. The molecule has 2 nitrogen and oxygen atoms in total. The second-order valence-corrected chi connectivity index (χ2v) is 4.32. The Balaban J connectivity index is 3.07. The quantitative estimate of drug-likeness (QED) is 0.658. The zero-order chi connectivity index (χ0) is 9.84. The second kappa shape index (κ2) is 4.77. The average Bonchev–Trinajstić information content (AvgIpc) is 2.11. The molecular formula is C9H10Br2N2. The Bertz CT molecular complexity index is 334. The number of hydrogen-bond acceptors (Lipinski definition) is 1. The molecule has 0 amide bonds. The Morgan fingerprint density at radius 2 is 2.15 bits per heavy atom. The van der Waals surface area contributed by atoms with Crippen LogP contribution in [0, 0.1) is 0 Å². The highest BCUT2D eigenvalue weighted by Gasteiger charge is 1.99. The summed E-state index contributed by atoms with van der Waals surface area (Å²) in [6, 6.07) is 5.81. The SMILES string of the molecule is CCC(N)=Nc1cc(Br)ccc1Br. The van der Waals surface area contributed by atoms with Gasteiger partial charge in [0.15, 0.2) is 0 Å². The molecule has 1 rings (SSSR count). The highest BCUT2D eigenvalue weighted by atomic mass is 79.9. The smallest absolute Gasteiger partial charge is 0.0994 e. The van der Waals surface area contributed by atoms with Crippen molar-refractivity contribution >= 4 is 43.4 Å². The summed E-state index contributed by atoms with van der Waals surface area (Å²) in [5.41, 5.74) is 6.49. The van der Waals surface area contributed by atoms with Crippen molar-refractivity contribution in [2.24, 2.45) is 10.7 Å². The van der Waals surface area contributed by atoms with Crippen LogP contribution in [0.4, 0.5) is 5.69 Å². The summed E-state index contributed by atoms with van der Waals surface area (Å²) in [5.74, 6) is 0.638. The summed E-state index contributed by atoms with van der Waals surface area (Å²) in [6.07, 6.45) is 0.763. The summed E-state index contributed by atoms with van der Waals surface area (Å²) < 4.78 is 1.95. The van der Waals surface area contributed by atoms with E-state index in [9.17, 15) is 0 Å². The lowest BCUT2D eigenvalue weighted by Crippen LogP contribution is -2.08. The number of nitrogens with two attached hydrogens (primary N) is 1. The van der Waals surface area contributed by atoms with Gasteiger partial charge in [0, 0.05) is 15.4 Å². The van der Waals surface area contributed by atoms with Gasteiger partial charge in [-0.15, -0.1) is 0 Å². The van der Waals surface area contributed by atoms with Gasteiger partial charge in [0.1, 0.15) is 0 Å². The Hall–Kier alpha value is -0.350. The van der Waals surface area contributed by atoms with Crippen LogP contribution >= 0.6 is 31.9 Å². The molecule has 0 aliphatic rings. The molecule has 1 aromatic rings. The molecule has 0 aromatic heterocycles. The standard InChI is InChI=1S/C9H10Br2N2/c1-2-9(12)13-8-5-6(10)3-4-7(8)11/h3-5H,2H2,1H3,(H2,12,13). The zero-order valence-corrected chi connectivity index (χ0v) is 10.4. The first-order valence-corrected chi connectivity index (χ1v) is 5.50. The van der Waals surface area contributed by atoms with Crippen molar-refractivity contribution in [3.63, 3.8) is 0 Å². The van der Waals surface area contributed by atoms with Gasteiger partial charge in [-0.25, -0.2) is 4.99 Å². The molecule has 0 spiro atoms. The van der Waals surface area contributed by atoms with E-state index in [1.165, 1.54) is 0 Å². The van der Waals surface area contributed by atoms with E-state index in [4.69, 9.17) is 5.73 Å². The van der Waals surface area contributed by atoms with Crippen molar-refractivity contribution in [3.05, 3.63) is 27.1 Å². The van der Waals surface area contributed by atoms with Crippen LogP contribution in [0.1, 0.15) is 13.3 Å². The molecule has 2 N–H and O–H groups in total. The van der Waals surface area contributed by atoms with Crippen LogP contribution in [0.15, 0.2) is 32.1 Å². The van der Waals surface area contributed by atoms with E-state index in [0.29, 0.717) is 5.84 Å². The average molecular weight is 306 g/mol. The maximum Gasteiger partial charge on any atom is 0.0994 e. The first-order chi connectivity index (χ1) is 6.13. The van der Waals surface area contributed by atoms with Crippen molar-refractivity contribution < 1.29 is 0 Å². The molecule has 0 atom stereocenters. The predicted octanol–water partition coefficient (Wildman–Crippen LogP) is 3.61. The van der Waals surface area contributed by atoms with Crippen molar-refractivity contribution in [1.29, 1.82) is 0 Å². The Morgan fingerprint density at radius 1 is 1.46 bits per heavy atom. The molecule has 0 fully saturated rings. The maximum absolute atomic E-state index is 5.64. The fraction of sp³-hybridized carbons (Fsp3) is 0.222. The molecule has 0 radical (unpaired) electrons. The lowest BCUT2D eigenvalue weighted by molar-refractivity contribution is 1.23. The van der Waals surface area contributed by atoms with Crippen LogP contribution in [0.3, 0.4) is 0 Å². The third kappa shape index (κ3) is 3.12. The number of amidine groups is 1. The number of rotatable bonds is 2. The third-order valence-corrected chi connectivity index (χ3v) is 2.70. The van der Waals surface area contributed by atoms with E-state index in [-0.39, 0.29) is 0 Å². The summed E-state index contributed by atoms with van der Waals surface area (Å²) in [5, 5.41) is 0. The Morgan fingerprint density at radius 3 is 2.77 bits per heavy atom. The molecule has 0 unspecified atom stereocenters. The van der Waals surface area contributed by atoms with Gasteiger partial charge in [-0.1, -0.05) is 22.9 Å². The van der Waals surface area contributed by atoms with Crippen LogP contribution in [-0.2, 0) is 0 Å². The van der Waals surface area contributed by atoms with Gasteiger partial charge in [0.05, 0.1) is 11.5 Å². The van der Waals surface area contributed by atoms with Gasteiger partial charge in [0.2, 0.25) is 0 Å². The largest absolute Gasteiger partial charge is 0.387 e. The van der Waals surface area contributed by atoms with Crippen LogP contribution in [0.5, 0.6) is 0 Å². The van der Waals surface area contributed by atoms with Crippen molar-refractivity contribution in [1.82, 2.24) is 0 Å². The van der Waals surface area contributed by atoms with Crippen molar-refractivity contribution in [3.8, 4) is 0 Å². The van der Waals surface area contributed by atoms with Gasteiger partial charge in [0.25, 0.3) is 0 Å². The van der Waals surface area contributed by atoms with E-state index < -0.39 is 0 Å². The predicted molar refractivity (Wildman–Crippen MR) is 63.4 cm³/mol. The van der Waals surface area contributed by atoms with Gasteiger partial charge < -0.3 is 5.73 Å². The first-order valence-electron chi connectivity index (χ1n) is 3.91. The lowest BCUT2D eigenvalue weighted by Gasteiger charge is -2.00. The zero-order valence-electron chi connectivity index (χ0n) is 7.22. The number of hydrogen-bond donors (Lipinski definition) is 1. The molecule has 70 valence electrons. The third-order valence-electron chi connectivity index (χ3n) is 1.53. The molecular weight excluding hydrogens is 296 g/mol. The number of benzene rings is 1. The summed E-state index contributed by atoms with van der Waals surface area (Å²) in [4.78, 5) is 4.26. The van der Waals surface area contributed by atoms with E-state index in [1.807, 2.05) is 25.1 Å². The Labute approximate surface area is 94.5 Å². The summed E-state index contributed by atoms with van der Waals surface area (Å²) >= 11 is 6.78. The molecule has 4 heteroatoms. The fourth-order valence-electron chi connectivity index (χ4n) is 0.805. The molecule has 0 bridgehead atoms. The van der Waals surface area contributed by atoms with Crippen LogP contribution in [0.2, 0.25) is 0 Å². The van der Waals surface area contributed by atoms with E-state index >= 15 is 0 Å². The van der Waals surface area contributed by atoms with Crippen LogP contribution in [0.25, 0.3) is 0 Å². The maximum atomic E-state index is 5.64. The molecule has 0 aliphatic heterocycles. The highest BCUT2D eigenvalue weighted by Crippen LogP contribution is 2.28. The highest BCUT2D eigenvalue weighted by molar-refractivity contribution is 9.11. The second-order valence-electron chi connectivity index (χ2n) is 2.55. The minimum absolute atomic E-state index is 0.638. The monoisotopic (exact) mass is 304 g/mol. The van der Waals surface area contributed by atoms with Crippen molar-refractivity contribution in [2.45, 2.75) is 13.3 Å². The van der Waals surface area contributed by atoms with Crippen LogP contribution in [-0.4, -0.2) is 5.84 Å². The van der Waals surface area contributed by atoms with Gasteiger partial charge in [-0.3, -0.25) is 0 Å². The topological polar surface area (TPSA) is 38.4 Å². The summed E-state index contributed by atoms with van der Waals surface area (Å²) in [6.45, 7) is 1.98. The minimum Gasteiger partial charge on any atom is -0.387 e. The lowest BCUT2D eigenvalue weighted by atomic mass is 10.3. The number of halogens is 2. The molecule has 1 aromatic carbocycles. The first kappa shape index (κ1) is 10.7. The normalized spacial score (nSPS) is 11.8. The van der Waals surface area contributed by atoms with Crippen LogP contribution < -0.4 is 5.73 Å². The van der Waals surface area contributed by atoms with Crippen molar-refractivity contribution in [2.75, 3.05) is 0 Å². The van der Waals surface area contributed by atoms with Gasteiger partial charge >= 0.3 is 0 Å². The van der Waals surface area contributed by atoms with E-state index in [0.717, 1.165) is 21.1 Å². The van der Waals surface area contributed by atoms with E-state index in [1.54, 1.807) is 0 Å². The molecule has 0 saturated heterocycles. The number of nitrogens with zero attached hydrogens (tertiary/aromatic N) is 1. The Kier molecular flexibility index (Phi) is 3.93. The number of aliphatic imine (C=N–C) groups is 1. The van der Waals surface area contributed by atoms with E-state index in [2.05, 4.69) is 36.9 Å². The molecule has 0 saturated carbocycles. The van der Waals surface area contributed by atoms with Gasteiger partial charge in [-0.2, -0.15) is 0 Å². The molecule has 13 heavy (non-hydrogen) atoms. The minimum atomic E-state index is 0.638.